The van der Waals surface area contributed by atoms with Gasteiger partial charge in [0.15, 0.2) is 0 Å². The van der Waals surface area contributed by atoms with E-state index in [0.717, 1.165) is 49.4 Å². The molecule has 1 heterocycles. The smallest absolute Gasteiger partial charge is 0.317 e. The quantitative estimate of drug-likeness (QED) is 0.833. The van der Waals surface area contributed by atoms with Crippen molar-refractivity contribution in [2.45, 2.75) is 19.3 Å². The van der Waals surface area contributed by atoms with E-state index in [2.05, 4.69) is 5.32 Å². The lowest BCUT2D eigenvalue weighted by atomic mass is 10.1. The molecule has 0 spiro atoms. The number of urea groups is 1. The number of nitrogens with zero attached hydrogens (tertiary/aromatic N) is 1. The van der Waals surface area contributed by atoms with Gasteiger partial charge in [0.25, 0.3) is 0 Å². The van der Waals surface area contributed by atoms with Gasteiger partial charge in [0.05, 0.1) is 10.0 Å². The summed E-state index contributed by atoms with van der Waals surface area (Å²) in [5, 5.41) is 4.16. The van der Waals surface area contributed by atoms with Gasteiger partial charge in [-0.3, -0.25) is 0 Å². The van der Waals surface area contributed by atoms with E-state index in [0.29, 0.717) is 16.6 Å². The highest BCUT2D eigenvalue weighted by Gasteiger charge is 2.14. The highest BCUT2D eigenvalue weighted by Crippen LogP contribution is 2.23. The molecule has 3 nitrogen and oxygen atoms in total. The molecule has 2 amide bonds. The monoisotopic (exact) mass is 346 g/mol. The van der Waals surface area contributed by atoms with Gasteiger partial charge in [0.1, 0.15) is 0 Å². The van der Waals surface area contributed by atoms with Crippen LogP contribution in [0.2, 0.25) is 10.0 Å². The van der Waals surface area contributed by atoms with Gasteiger partial charge in [0, 0.05) is 25.4 Å². The predicted octanol–water partition coefficient (Wildman–Crippen LogP) is 4.07. The first-order valence-corrected chi connectivity index (χ1v) is 9.12. The Labute approximate surface area is 140 Å². The van der Waals surface area contributed by atoms with E-state index < -0.39 is 0 Å². The van der Waals surface area contributed by atoms with Crippen LogP contribution in [0.5, 0.6) is 0 Å². The molecule has 2 rings (SSSR count). The fourth-order valence-electron chi connectivity index (χ4n) is 2.24. The van der Waals surface area contributed by atoms with Crippen molar-refractivity contribution < 1.29 is 4.79 Å². The van der Waals surface area contributed by atoms with Crippen LogP contribution in [0.4, 0.5) is 4.79 Å². The molecule has 0 aromatic heterocycles. The second-order valence-electron chi connectivity index (χ2n) is 5.04. The van der Waals surface area contributed by atoms with Crippen LogP contribution in [-0.4, -0.2) is 42.1 Å². The van der Waals surface area contributed by atoms with Gasteiger partial charge in [-0.2, -0.15) is 11.8 Å². The lowest BCUT2D eigenvalue weighted by Crippen LogP contribution is -2.41. The number of rotatable bonds is 4. The second-order valence-corrected chi connectivity index (χ2v) is 7.08. The summed E-state index contributed by atoms with van der Waals surface area (Å²) in [5.41, 5.74) is 1.14. The van der Waals surface area contributed by atoms with Crippen LogP contribution in [0.3, 0.4) is 0 Å². The van der Waals surface area contributed by atoms with Crippen molar-refractivity contribution in [1.82, 2.24) is 10.2 Å². The van der Waals surface area contributed by atoms with Crippen molar-refractivity contribution in [2.75, 3.05) is 31.1 Å². The van der Waals surface area contributed by atoms with Crippen molar-refractivity contribution in [3.63, 3.8) is 0 Å². The van der Waals surface area contributed by atoms with Gasteiger partial charge in [-0.05, 0) is 42.7 Å². The number of thioether (sulfide) groups is 1. The van der Waals surface area contributed by atoms with Gasteiger partial charge in [-0.15, -0.1) is 0 Å². The third-order valence-electron chi connectivity index (χ3n) is 3.41. The van der Waals surface area contributed by atoms with Crippen LogP contribution in [0, 0.1) is 0 Å². The Morgan fingerprint density at radius 2 is 2.10 bits per heavy atom. The van der Waals surface area contributed by atoms with Crippen LogP contribution in [0.15, 0.2) is 18.2 Å². The topological polar surface area (TPSA) is 32.3 Å². The summed E-state index contributed by atoms with van der Waals surface area (Å²) in [6.45, 7) is 2.40. The molecule has 1 aromatic rings. The third-order valence-corrected chi connectivity index (χ3v) is 5.20. The van der Waals surface area contributed by atoms with Gasteiger partial charge in [-0.1, -0.05) is 29.3 Å². The zero-order valence-corrected chi connectivity index (χ0v) is 14.2. The first-order valence-electron chi connectivity index (χ1n) is 7.21. The van der Waals surface area contributed by atoms with E-state index in [9.17, 15) is 4.79 Å². The van der Waals surface area contributed by atoms with Gasteiger partial charge in [0.2, 0.25) is 0 Å². The van der Waals surface area contributed by atoms with Crippen molar-refractivity contribution in [2.24, 2.45) is 0 Å². The molecule has 0 radical (unpaired) electrons. The fourth-order valence-corrected chi connectivity index (χ4v) is 3.45. The summed E-state index contributed by atoms with van der Waals surface area (Å²) < 4.78 is 0. The zero-order valence-electron chi connectivity index (χ0n) is 11.9. The van der Waals surface area contributed by atoms with Crippen molar-refractivity contribution in [3.8, 4) is 0 Å². The van der Waals surface area contributed by atoms with Crippen molar-refractivity contribution in [1.29, 1.82) is 0 Å². The average molecular weight is 347 g/mol. The van der Waals surface area contributed by atoms with Crippen LogP contribution in [0.1, 0.15) is 18.4 Å². The average Bonchev–Trinajstić information content (AvgIpc) is 2.76. The van der Waals surface area contributed by atoms with E-state index in [4.69, 9.17) is 23.2 Å². The molecule has 0 bridgehead atoms. The molecule has 0 aliphatic carbocycles. The SMILES string of the molecule is O=C(NCCCc1ccc(Cl)c(Cl)c1)N1CCCSCC1. The Kier molecular flexibility index (Phi) is 7.00. The molecule has 1 aliphatic heterocycles. The first-order chi connectivity index (χ1) is 10.2. The number of nitrogens with one attached hydrogen (secondary N) is 1. The third kappa shape index (κ3) is 5.61. The van der Waals surface area contributed by atoms with Crippen LogP contribution >= 0.6 is 35.0 Å². The molecular weight excluding hydrogens is 327 g/mol. The van der Waals surface area contributed by atoms with Gasteiger partial charge in [-0.25, -0.2) is 4.79 Å². The maximum atomic E-state index is 12.0. The van der Waals surface area contributed by atoms with Crippen LogP contribution < -0.4 is 5.32 Å². The standard InChI is InChI=1S/C15H20Cl2N2OS/c16-13-5-4-12(11-14(13)17)3-1-6-18-15(20)19-7-2-9-21-10-8-19/h4-5,11H,1-3,6-10H2,(H,18,20). The summed E-state index contributed by atoms with van der Waals surface area (Å²) >= 11 is 13.8. The van der Waals surface area contributed by atoms with Crippen LogP contribution in [0.25, 0.3) is 0 Å². The Morgan fingerprint density at radius 1 is 1.24 bits per heavy atom. The van der Waals surface area contributed by atoms with E-state index in [-0.39, 0.29) is 6.03 Å². The first kappa shape index (κ1) is 16.8. The Bertz CT molecular complexity index is 477. The Balaban J connectivity index is 1.68. The largest absolute Gasteiger partial charge is 0.338 e. The van der Waals surface area contributed by atoms with Crippen LogP contribution in [-0.2, 0) is 6.42 Å². The summed E-state index contributed by atoms with van der Waals surface area (Å²) in [4.78, 5) is 13.9. The molecule has 0 unspecified atom stereocenters. The minimum atomic E-state index is 0.0617. The number of aryl methyl sites for hydroxylation is 1. The molecule has 21 heavy (non-hydrogen) atoms. The number of hydrogen-bond donors (Lipinski definition) is 1. The second kappa shape index (κ2) is 8.76. The molecule has 6 heteroatoms. The minimum Gasteiger partial charge on any atom is -0.338 e. The molecule has 0 atom stereocenters. The molecular formula is C15H20Cl2N2OS. The lowest BCUT2D eigenvalue weighted by Gasteiger charge is -2.20. The summed E-state index contributed by atoms with van der Waals surface area (Å²) in [6, 6.07) is 5.73. The summed E-state index contributed by atoms with van der Waals surface area (Å²) in [6.07, 6.45) is 2.86. The van der Waals surface area contributed by atoms with Crippen molar-refractivity contribution >= 4 is 41.0 Å². The molecule has 1 fully saturated rings. The van der Waals surface area contributed by atoms with Gasteiger partial charge < -0.3 is 10.2 Å². The lowest BCUT2D eigenvalue weighted by molar-refractivity contribution is 0.202. The number of halogens is 2. The molecule has 116 valence electrons. The van der Waals surface area contributed by atoms with Gasteiger partial charge >= 0.3 is 6.03 Å². The highest BCUT2D eigenvalue weighted by atomic mass is 35.5. The van der Waals surface area contributed by atoms with E-state index in [1.54, 1.807) is 0 Å². The number of carbonyl (C=O) groups is 1. The Morgan fingerprint density at radius 3 is 2.90 bits per heavy atom. The minimum absolute atomic E-state index is 0.0617. The number of benzene rings is 1. The number of carbonyl (C=O) groups excluding carboxylic acids is 1. The van der Waals surface area contributed by atoms with E-state index in [1.807, 2.05) is 34.9 Å². The fraction of sp³-hybridized carbons (Fsp3) is 0.533. The Hall–Kier alpha value is -0.580. The maximum Gasteiger partial charge on any atom is 0.317 e. The van der Waals surface area contributed by atoms with E-state index in [1.165, 1.54) is 0 Å². The highest BCUT2D eigenvalue weighted by molar-refractivity contribution is 7.99. The normalized spacial score (nSPS) is 15.6. The molecule has 0 saturated carbocycles. The summed E-state index contributed by atoms with van der Waals surface area (Å²) in [7, 11) is 0. The molecule has 1 aromatic carbocycles. The summed E-state index contributed by atoms with van der Waals surface area (Å²) in [5.74, 6) is 2.19. The zero-order chi connectivity index (χ0) is 15.1. The maximum absolute atomic E-state index is 12.0. The number of amides is 2. The predicted molar refractivity (Wildman–Crippen MR) is 91.7 cm³/mol. The molecule has 1 aliphatic rings. The van der Waals surface area contributed by atoms with E-state index >= 15 is 0 Å². The number of hydrogen-bond acceptors (Lipinski definition) is 2. The van der Waals surface area contributed by atoms with Crippen molar-refractivity contribution in [3.05, 3.63) is 33.8 Å². The molecule has 1 saturated heterocycles. The molecule has 1 N–H and O–H groups in total.